The summed E-state index contributed by atoms with van der Waals surface area (Å²) in [5.41, 5.74) is 0.345. The summed E-state index contributed by atoms with van der Waals surface area (Å²) in [6, 6.07) is 8.45. The fourth-order valence-corrected chi connectivity index (χ4v) is 3.57. The molecule has 2 aromatic carbocycles. The van der Waals surface area contributed by atoms with Gasteiger partial charge < -0.3 is 10.4 Å². The van der Waals surface area contributed by atoms with Crippen molar-refractivity contribution in [1.82, 2.24) is 5.32 Å². The normalized spacial score (nSPS) is 18.8. The highest BCUT2D eigenvalue weighted by atomic mass is 35.5. The van der Waals surface area contributed by atoms with Crippen molar-refractivity contribution in [2.75, 3.05) is 13.1 Å². The predicted molar refractivity (Wildman–Crippen MR) is 92.8 cm³/mol. The summed E-state index contributed by atoms with van der Waals surface area (Å²) in [6.07, 6.45) is 1.56. The number of piperidine rings is 1. The minimum atomic E-state index is -1.06. The highest BCUT2D eigenvalue weighted by Gasteiger charge is 2.32. The Morgan fingerprint density at radius 2 is 1.84 bits per heavy atom. The minimum absolute atomic E-state index is 0.161. The molecule has 2 aromatic rings. The molecular formula is C19H18ClF2NO2. The number of nitrogens with one attached hydrogen (secondary N) is 1. The maximum atomic E-state index is 14.6. The standard InChI is InChI=1S/C19H18ClF2NO2/c20-14-5-3-11(4-6-14)18-15(21)8-13(9-16(18)22)17(19(24)25)12-2-1-7-23-10-12/h3-6,8-9,12,17,23H,1-2,7,10H2,(H,24,25)/t12-,17?/m0/s1. The molecule has 0 radical (unpaired) electrons. The summed E-state index contributed by atoms with van der Waals surface area (Å²) in [5, 5.41) is 13.2. The number of carboxylic acid groups (broad SMARTS) is 1. The van der Waals surface area contributed by atoms with Gasteiger partial charge in [-0.1, -0.05) is 23.7 Å². The molecule has 0 aromatic heterocycles. The van der Waals surface area contributed by atoms with Crippen molar-refractivity contribution < 1.29 is 18.7 Å². The first-order valence-electron chi connectivity index (χ1n) is 8.16. The maximum Gasteiger partial charge on any atom is 0.311 e. The number of carbonyl (C=O) groups is 1. The van der Waals surface area contributed by atoms with Crippen LogP contribution in [0, 0.1) is 17.6 Å². The SMILES string of the molecule is O=C(O)C(c1cc(F)c(-c2ccc(Cl)cc2)c(F)c1)[C@H]1CCCNC1. The second kappa shape index (κ2) is 7.50. The number of halogens is 3. The van der Waals surface area contributed by atoms with Crippen LogP contribution in [0.5, 0.6) is 0 Å². The molecule has 2 N–H and O–H groups in total. The molecule has 25 heavy (non-hydrogen) atoms. The second-order valence-electron chi connectivity index (χ2n) is 6.29. The largest absolute Gasteiger partial charge is 0.481 e. The van der Waals surface area contributed by atoms with E-state index in [1.165, 1.54) is 12.1 Å². The lowest BCUT2D eigenvalue weighted by atomic mass is 9.81. The Hall–Kier alpha value is -1.98. The van der Waals surface area contributed by atoms with Gasteiger partial charge in [-0.05, 0) is 67.2 Å². The molecule has 0 spiro atoms. The van der Waals surface area contributed by atoms with Gasteiger partial charge in [0.05, 0.1) is 11.5 Å². The number of carboxylic acids is 1. The molecule has 3 rings (SSSR count). The molecule has 0 aliphatic carbocycles. The molecular weight excluding hydrogens is 348 g/mol. The molecule has 1 heterocycles. The second-order valence-corrected chi connectivity index (χ2v) is 6.73. The zero-order valence-electron chi connectivity index (χ0n) is 13.4. The van der Waals surface area contributed by atoms with E-state index in [-0.39, 0.29) is 17.0 Å². The maximum absolute atomic E-state index is 14.6. The van der Waals surface area contributed by atoms with Crippen molar-refractivity contribution in [3.63, 3.8) is 0 Å². The van der Waals surface area contributed by atoms with Crippen LogP contribution in [0.4, 0.5) is 8.78 Å². The van der Waals surface area contributed by atoms with E-state index in [1.807, 2.05) is 0 Å². The van der Waals surface area contributed by atoms with Gasteiger partial charge in [0.1, 0.15) is 11.6 Å². The quantitative estimate of drug-likeness (QED) is 0.841. The molecule has 0 saturated carbocycles. The Balaban J connectivity index is 2.00. The molecule has 0 bridgehead atoms. The highest BCUT2D eigenvalue weighted by Crippen LogP contribution is 2.34. The number of rotatable bonds is 4. The molecule has 3 nitrogen and oxygen atoms in total. The summed E-state index contributed by atoms with van der Waals surface area (Å²) in [4.78, 5) is 11.7. The van der Waals surface area contributed by atoms with Gasteiger partial charge in [-0.15, -0.1) is 0 Å². The first kappa shape index (κ1) is 17.8. The Morgan fingerprint density at radius 1 is 1.20 bits per heavy atom. The van der Waals surface area contributed by atoms with Crippen LogP contribution in [0.15, 0.2) is 36.4 Å². The summed E-state index contributed by atoms with van der Waals surface area (Å²) < 4.78 is 29.2. The van der Waals surface area contributed by atoms with E-state index in [4.69, 9.17) is 11.6 Å². The molecule has 1 aliphatic heterocycles. The molecule has 2 atom stereocenters. The van der Waals surface area contributed by atoms with Gasteiger partial charge in [-0.25, -0.2) is 8.78 Å². The molecule has 6 heteroatoms. The molecule has 132 valence electrons. The average Bonchev–Trinajstić information content (AvgIpc) is 2.57. The molecule has 0 amide bonds. The molecule has 1 aliphatic rings. The van der Waals surface area contributed by atoms with E-state index in [2.05, 4.69) is 5.32 Å². The lowest BCUT2D eigenvalue weighted by Crippen LogP contribution is -2.36. The zero-order chi connectivity index (χ0) is 18.0. The molecule has 1 saturated heterocycles. The van der Waals surface area contributed by atoms with Crippen LogP contribution in [0.3, 0.4) is 0 Å². The Labute approximate surface area is 149 Å². The van der Waals surface area contributed by atoms with Gasteiger partial charge in [0.25, 0.3) is 0 Å². The summed E-state index contributed by atoms with van der Waals surface area (Å²) in [5.74, 6) is -3.73. The highest BCUT2D eigenvalue weighted by molar-refractivity contribution is 6.30. The Bertz CT molecular complexity index is 750. The number of hydrogen-bond acceptors (Lipinski definition) is 2. The minimum Gasteiger partial charge on any atom is -0.481 e. The van der Waals surface area contributed by atoms with E-state index < -0.39 is 23.5 Å². The van der Waals surface area contributed by atoms with Crippen molar-refractivity contribution in [3.05, 3.63) is 58.6 Å². The number of aliphatic carboxylic acids is 1. The van der Waals surface area contributed by atoms with Crippen molar-refractivity contribution in [2.45, 2.75) is 18.8 Å². The smallest absolute Gasteiger partial charge is 0.311 e. The van der Waals surface area contributed by atoms with Gasteiger partial charge in [-0.3, -0.25) is 4.79 Å². The monoisotopic (exact) mass is 365 g/mol. The summed E-state index contributed by atoms with van der Waals surface area (Å²) >= 11 is 5.81. The Morgan fingerprint density at radius 3 is 2.36 bits per heavy atom. The molecule has 1 unspecified atom stereocenters. The first-order chi connectivity index (χ1) is 12.0. The van der Waals surface area contributed by atoms with Crippen molar-refractivity contribution in [2.24, 2.45) is 5.92 Å². The van der Waals surface area contributed by atoms with Crippen LogP contribution in [0.25, 0.3) is 11.1 Å². The average molecular weight is 366 g/mol. The van der Waals surface area contributed by atoms with Crippen LogP contribution in [-0.2, 0) is 4.79 Å². The van der Waals surface area contributed by atoms with Gasteiger partial charge >= 0.3 is 5.97 Å². The third-order valence-electron chi connectivity index (χ3n) is 4.63. The van der Waals surface area contributed by atoms with Crippen LogP contribution in [-0.4, -0.2) is 24.2 Å². The van der Waals surface area contributed by atoms with Crippen LogP contribution < -0.4 is 5.32 Å². The van der Waals surface area contributed by atoms with Crippen molar-refractivity contribution in [3.8, 4) is 11.1 Å². The van der Waals surface area contributed by atoms with Crippen molar-refractivity contribution in [1.29, 1.82) is 0 Å². The van der Waals surface area contributed by atoms with Gasteiger partial charge in [0.15, 0.2) is 0 Å². The third kappa shape index (κ3) is 3.83. The fraction of sp³-hybridized carbons (Fsp3) is 0.316. The zero-order valence-corrected chi connectivity index (χ0v) is 14.2. The fourth-order valence-electron chi connectivity index (χ4n) is 3.44. The topological polar surface area (TPSA) is 49.3 Å². The number of hydrogen-bond donors (Lipinski definition) is 2. The van der Waals surface area contributed by atoms with Gasteiger partial charge in [0.2, 0.25) is 0 Å². The van der Waals surface area contributed by atoms with Crippen molar-refractivity contribution >= 4 is 17.6 Å². The van der Waals surface area contributed by atoms with E-state index >= 15 is 0 Å². The van der Waals surface area contributed by atoms with E-state index in [0.717, 1.165) is 25.1 Å². The third-order valence-corrected chi connectivity index (χ3v) is 4.88. The van der Waals surface area contributed by atoms with Crippen LogP contribution in [0.2, 0.25) is 5.02 Å². The summed E-state index contributed by atoms with van der Waals surface area (Å²) in [6.45, 7) is 1.36. The molecule has 1 fully saturated rings. The lowest BCUT2D eigenvalue weighted by molar-refractivity contribution is -0.140. The van der Waals surface area contributed by atoms with E-state index in [1.54, 1.807) is 12.1 Å². The van der Waals surface area contributed by atoms with Crippen LogP contribution >= 0.6 is 11.6 Å². The van der Waals surface area contributed by atoms with Gasteiger partial charge in [-0.2, -0.15) is 0 Å². The first-order valence-corrected chi connectivity index (χ1v) is 8.53. The lowest BCUT2D eigenvalue weighted by Gasteiger charge is -2.28. The summed E-state index contributed by atoms with van der Waals surface area (Å²) in [7, 11) is 0. The number of benzene rings is 2. The Kier molecular flexibility index (Phi) is 5.35. The van der Waals surface area contributed by atoms with E-state index in [0.29, 0.717) is 23.6 Å². The van der Waals surface area contributed by atoms with E-state index in [9.17, 15) is 18.7 Å². The van der Waals surface area contributed by atoms with Crippen LogP contribution in [0.1, 0.15) is 24.3 Å². The predicted octanol–water partition coefficient (Wildman–Crippen LogP) is 4.45. The van der Waals surface area contributed by atoms with Gasteiger partial charge in [0, 0.05) is 5.02 Å².